The van der Waals surface area contributed by atoms with Crippen LogP contribution in [0.5, 0.6) is 0 Å². The first-order valence-electron chi connectivity index (χ1n) is 5.53. The fourth-order valence-corrected chi connectivity index (χ4v) is 1.93. The molecule has 82 valence electrons. The number of rotatable bonds is 3. The van der Waals surface area contributed by atoms with Gasteiger partial charge in [-0.1, -0.05) is 30.3 Å². The monoisotopic (exact) mass is 206 g/mol. The van der Waals surface area contributed by atoms with Crippen LogP contribution in [0.15, 0.2) is 30.3 Å². The SMILES string of the molecule is OC(Cc1ccccc1)N1CCNCC1. The van der Waals surface area contributed by atoms with E-state index in [2.05, 4.69) is 22.3 Å². The summed E-state index contributed by atoms with van der Waals surface area (Å²) in [7, 11) is 0. The molecule has 0 saturated carbocycles. The topological polar surface area (TPSA) is 35.5 Å². The van der Waals surface area contributed by atoms with Gasteiger partial charge in [0.2, 0.25) is 0 Å². The molecule has 2 rings (SSSR count). The molecule has 1 aliphatic heterocycles. The van der Waals surface area contributed by atoms with Crippen LogP contribution in [0.2, 0.25) is 0 Å². The zero-order valence-corrected chi connectivity index (χ0v) is 8.89. The van der Waals surface area contributed by atoms with Crippen molar-refractivity contribution in [3.63, 3.8) is 0 Å². The van der Waals surface area contributed by atoms with Gasteiger partial charge in [-0.25, -0.2) is 0 Å². The lowest BCUT2D eigenvalue weighted by Gasteiger charge is -2.31. The Kier molecular flexibility index (Phi) is 3.72. The van der Waals surface area contributed by atoms with Gasteiger partial charge < -0.3 is 10.4 Å². The number of aliphatic hydroxyl groups is 1. The second-order valence-corrected chi connectivity index (χ2v) is 3.96. The van der Waals surface area contributed by atoms with Gasteiger partial charge in [-0.15, -0.1) is 0 Å². The minimum atomic E-state index is -0.338. The molecule has 1 heterocycles. The normalized spacial score (nSPS) is 20.1. The van der Waals surface area contributed by atoms with E-state index in [0.717, 1.165) is 32.6 Å². The van der Waals surface area contributed by atoms with Crippen molar-refractivity contribution in [1.82, 2.24) is 10.2 Å². The molecular weight excluding hydrogens is 188 g/mol. The van der Waals surface area contributed by atoms with Crippen LogP contribution < -0.4 is 5.32 Å². The van der Waals surface area contributed by atoms with Gasteiger partial charge in [0.1, 0.15) is 6.23 Å². The minimum absolute atomic E-state index is 0.338. The second-order valence-electron chi connectivity index (χ2n) is 3.96. The van der Waals surface area contributed by atoms with Gasteiger partial charge in [0, 0.05) is 32.6 Å². The number of hydrogen-bond donors (Lipinski definition) is 2. The van der Waals surface area contributed by atoms with Gasteiger partial charge in [-0.05, 0) is 5.56 Å². The highest BCUT2D eigenvalue weighted by molar-refractivity contribution is 5.15. The van der Waals surface area contributed by atoms with Crippen molar-refractivity contribution < 1.29 is 5.11 Å². The lowest BCUT2D eigenvalue weighted by atomic mass is 10.1. The average Bonchev–Trinajstić information content (AvgIpc) is 2.31. The van der Waals surface area contributed by atoms with Gasteiger partial charge in [0.05, 0.1) is 0 Å². The number of nitrogens with one attached hydrogen (secondary N) is 1. The maximum absolute atomic E-state index is 10.0. The molecule has 1 unspecified atom stereocenters. The summed E-state index contributed by atoms with van der Waals surface area (Å²) in [6.45, 7) is 3.83. The quantitative estimate of drug-likeness (QED) is 0.754. The maximum Gasteiger partial charge on any atom is 0.111 e. The fourth-order valence-electron chi connectivity index (χ4n) is 1.93. The molecular formula is C12H18N2O. The maximum atomic E-state index is 10.0. The third-order valence-corrected chi connectivity index (χ3v) is 2.83. The molecule has 0 spiro atoms. The number of benzene rings is 1. The van der Waals surface area contributed by atoms with Crippen molar-refractivity contribution in [3.8, 4) is 0 Å². The van der Waals surface area contributed by atoms with E-state index < -0.39 is 0 Å². The zero-order valence-electron chi connectivity index (χ0n) is 8.89. The van der Waals surface area contributed by atoms with Crippen LogP contribution in [-0.2, 0) is 6.42 Å². The van der Waals surface area contributed by atoms with Crippen LogP contribution >= 0.6 is 0 Å². The molecule has 0 aliphatic carbocycles. The predicted octanol–water partition coefficient (Wildman–Crippen LogP) is 0.453. The minimum Gasteiger partial charge on any atom is -0.378 e. The number of nitrogens with zero attached hydrogens (tertiary/aromatic N) is 1. The van der Waals surface area contributed by atoms with Gasteiger partial charge in [0.25, 0.3) is 0 Å². The van der Waals surface area contributed by atoms with E-state index in [1.807, 2.05) is 18.2 Å². The van der Waals surface area contributed by atoms with Crippen LogP contribution in [0.3, 0.4) is 0 Å². The van der Waals surface area contributed by atoms with Crippen LogP contribution in [0.4, 0.5) is 0 Å². The number of aliphatic hydroxyl groups excluding tert-OH is 1. The Morgan fingerprint density at radius 2 is 1.87 bits per heavy atom. The van der Waals surface area contributed by atoms with Crippen molar-refractivity contribution >= 4 is 0 Å². The molecule has 1 aromatic rings. The van der Waals surface area contributed by atoms with Crippen molar-refractivity contribution in [3.05, 3.63) is 35.9 Å². The summed E-state index contributed by atoms with van der Waals surface area (Å²) < 4.78 is 0. The zero-order chi connectivity index (χ0) is 10.5. The summed E-state index contributed by atoms with van der Waals surface area (Å²) in [5.41, 5.74) is 1.20. The molecule has 0 amide bonds. The molecule has 0 radical (unpaired) electrons. The Hall–Kier alpha value is -0.900. The van der Waals surface area contributed by atoms with Crippen LogP contribution in [0, 0.1) is 0 Å². The Morgan fingerprint density at radius 1 is 1.20 bits per heavy atom. The molecule has 3 nitrogen and oxygen atoms in total. The molecule has 1 fully saturated rings. The highest BCUT2D eigenvalue weighted by Crippen LogP contribution is 2.07. The predicted molar refractivity (Wildman–Crippen MR) is 60.6 cm³/mol. The molecule has 3 heteroatoms. The van der Waals surface area contributed by atoms with E-state index in [9.17, 15) is 5.11 Å². The molecule has 1 atom stereocenters. The lowest BCUT2D eigenvalue weighted by Crippen LogP contribution is -2.49. The Labute approximate surface area is 90.7 Å². The second kappa shape index (κ2) is 5.26. The molecule has 1 aliphatic rings. The Morgan fingerprint density at radius 3 is 2.53 bits per heavy atom. The van der Waals surface area contributed by atoms with E-state index in [0.29, 0.717) is 0 Å². The van der Waals surface area contributed by atoms with Crippen molar-refractivity contribution in [2.24, 2.45) is 0 Å². The summed E-state index contributed by atoms with van der Waals surface area (Å²) >= 11 is 0. The van der Waals surface area contributed by atoms with Crippen molar-refractivity contribution in [2.75, 3.05) is 26.2 Å². The van der Waals surface area contributed by atoms with E-state index >= 15 is 0 Å². The first kappa shape index (κ1) is 10.6. The van der Waals surface area contributed by atoms with E-state index in [4.69, 9.17) is 0 Å². The first-order valence-corrected chi connectivity index (χ1v) is 5.53. The van der Waals surface area contributed by atoms with Gasteiger partial charge in [-0.2, -0.15) is 0 Å². The van der Waals surface area contributed by atoms with Crippen molar-refractivity contribution in [1.29, 1.82) is 0 Å². The molecule has 0 aromatic heterocycles. The third-order valence-electron chi connectivity index (χ3n) is 2.83. The largest absolute Gasteiger partial charge is 0.378 e. The third kappa shape index (κ3) is 3.02. The standard InChI is InChI=1S/C12H18N2O/c15-12(14-8-6-13-7-9-14)10-11-4-2-1-3-5-11/h1-5,12-13,15H,6-10H2. The smallest absolute Gasteiger partial charge is 0.111 e. The van der Waals surface area contributed by atoms with Gasteiger partial charge in [0.15, 0.2) is 0 Å². The van der Waals surface area contributed by atoms with E-state index in [-0.39, 0.29) is 6.23 Å². The van der Waals surface area contributed by atoms with Gasteiger partial charge >= 0.3 is 0 Å². The molecule has 2 N–H and O–H groups in total. The van der Waals surface area contributed by atoms with Crippen LogP contribution in [0.25, 0.3) is 0 Å². The molecule has 1 aromatic carbocycles. The molecule has 1 saturated heterocycles. The lowest BCUT2D eigenvalue weighted by molar-refractivity contribution is -0.00268. The fraction of sp³-hybridized carbons (Fsp3) is 0.500. The Bertz CT molecular complexity index is 283. The first-order chi connectivity index (χ1) is 7.36. The highest BCUT2D eigenvalue weighted by Gasteiger charge is 2.17. The molecule has 15 heavy (non-hydrogen) atoms. The van der Waals surface area contributed by atoms with Gasteiger partial charge in [-0.3, -0.25) is 4.90 Å². The average molecular weight is 206 g/mol. The summed E-state index contributed by atoms with van der Waals surface area (Å²) in [6, 6.07) is 10.1. The van der Waals surface area contributed by atoms with Crippen LogP contribution in [0.1, 0.15) is 5.56 Å². The van der Waals surface area contributed by atoms with E-state index in [1.165, 1.54) is 5.56 Å². The number of hydrogen-bond acceptors (Lipinski definition) is 3. The Balaban J connectivity index is 1.88. The highest BCUT2D eigenvalue weighted by atomic mass is 16.3. The summed E-state index contributed by atoms with van der Waals surface area (Å²) in [5.74, 6) is 0. The van der Waals surface area contributed by atoms with Crippen molar-refractivity contribution in [2.45, 2.75) is 12.6 Å². The van der Waals surface area contributed by atoms with E-state index in [1.54, 1.807) is 0 Å². The molecule has 0 bridgehead atoms. The summed E-state index contributed by atoms with van der Waals surface area (Å²) in [6.07, 6.45) is 0.385. The van der Waals surface area contributed by atoms with Crippen LogP contribution in [-0.4, -0.2) is 42.4 Å². The summed E-state index contributed by atoms with van der Waals surface area (Å²) in [5, 5.41) is 13.3. The number of piperazine rings is 1. The summed E-state index contributed by atoms with van der Waals surface area (Å²) in [4.78, 5) is 2.13.